The van der Waals surface area contributed by atoms with E-state index in [1.165, 1.54) is 62.7 Å². The van der Waals surface area contributed by atoms with Crippen LogP contribution in [0.4, 0.5) is 49.6 Å². The van der Waals surface area contributed by atoms with Gasteiger partial charge in [-0.3, -0.25) is 37.0 Å². The van der Waals surface area contributed by atoms with E-state index >= 15 is 0 Å². The molecule has 26 heteroatoms. The molecule has 4 aromatic carbocycles. The molecule has 0 fully saturated rings. The third-order valence-corrected chi connectivity index (χ3v) is 11.4. The van der Waals surface area contributed by atoms with Gasteiger partial charge < -0.3 is 30.3 Å². The number of nitrogens with one attached hydrogen (secondary N) is 2. The fraction of sp³-hybridized carbons (Fsp3) is 0.306. The average molecular weight is 1090 g/mol. The largest absolute Gasteiger partial charge is 0.573 e. The Labute approximate surface area is 432 Å². The quantitative estimate of drug-likeness (QED) is 0.0671. The van der Waals surface area contributed by atoms with Crippen molar-refractivity contribution >= 4 is 68.8 Å². The number of ether oxygens (including phenoxy) is 2. The van der Waals surface area contributed by atoms with E-state index in [1.54, 1.807) is 60.0 Å². The van der Waals surface area contributed by atoms with Crippen LogP contribution < -0.4 is 42.6 Å². The lowest BCUT2D eigenvalue weighted by Crippen LogP contribution is -2.39. The van der Waals surface area contributed by atoms with Crippen molar-refractivity contribution in [1.29, 1.82) is 0 Å². The second kappa shape index (κ2) is 24.7. The highest BCUT2D eigenvalue weighted by Crippen LogP contribution is 2.30. The zero-order chi connectivity index (χ0) is 54.8. The molecular formula is C49H50Cl2F6N10O8. The molecule has 0 atom stereocenters. The zero-order valence-electron chi connectivity index (χ0n) is 40.5. The first-order chi connectivity index (χ1) is 35.6. The zero-order valence-corrected chi connectivity index (χ0v) is 42.1. The number of alkyl halides is 6. The van der Waals surface area contributed by atoms with E-state index < -0.39 is 46.7 Å². The van der Waals surface area contributed by atoms with Crippen molar-refractivity contribution < 1.29 is 46.0 Å². The molecule has 0 spiro atoms. The van der Waals surface area contributed by atoms with E-state index in [-0.39, 0.29) is 91.4 Å². The summed E-state index contributed by atoms with van der Waals surface area (Å²) in [4.78, 5) is 61.4. The van der Waals surface area contributed by atoms with Crippen molar-refractivity contribution in [3.8, 4) is 11.5 Å². The molecule has 0 radical (unpaired) electrons. The predicted molar refractivity (Wildman–Crippen MR) is 272 cm³/mol. The SMILES string of the molecule is CCCCn1c(=O)c2c(nc(Nc3cccc(OC(F)(F)F)c3)n2Cc2ccc(Cl)cc2)n(C)c1=O.CCO.Cn1c(=O)n(CCCO)c(=O)c2c1nc(Nc1cccc(OC(F)(F)F)c1)n2Cc1ccc(Cl)cc1. The minimum Gasteiger partial charge on any atom is -0.406 e. The number of fused-ring (bicyclic) bond motifs is 2. The first-order valence-corrected chi connectivity index (χ1v) is 23.7. The maximum atomic E-state index is 13.4. The van der Waals surface area contributed by atoms with Gasteiger partial charge in [-0.1, -0.05) is 72.9 Å². The molecule has 8 aromatic rings. The van der Waals surface area contributed by atoms with Crippen LogP contribution in [0, 0.1) is 0 Å². The van der Waals surface area contributed by atoms with Crippen molar-refractivity contribution in [2.45, 2.75) is 72.0 Å². The summed E-state index contributed by atoms with van der Waals surface area (Å²) in [6, 6.07) is 24.3. The van der Waals surface area contributed by atoms with Crippen LogP contribution in [0.2, 0.25) is 10.0 Å². The van der Waals surface area contributed by atoms with Crippen LogP contribution in [-0.2, 0) is 40.3 Å². The maximum Gasteiger partial charge on any atom is 0.573 e. The minimum atomic E-state index is -4.86. The summed E-state index contributed by atoms with van der Waals surface area (Å²) in [5.41, 5.74) is 0.347. The molecule has 0 unspecified atom stereocenters. The average Bonchev–Trinajstić information content (AvgIpc) is 3.88. The molecule has 0 aliphatic carbocycles. The molecular weight excluding hydrogens is 1040 g/mol. The predicted octanol–water partition coefficient (Wildman–Crippen LogP) is 8.66. The summed E-state index contributed by atoms with van der Waals surface area (Å²) in [5.74, 6) is -0.561. The molecule has 0 bridgehead atoms. The van der Waals surface area contributed by atoms with E-state index in [1.807, 2.05) is 6.92 Å². The van der Waals surface area contributed by atoms with Gasteiger partial charge in [0.25, 0.3) is 11.1 Å². The van der Waals surface area contributed by atoms with Gasteiger partial charge >= 0.3 is 24.1 Å². The summed E-state index contributed by atoms with van der Waals surface area (Å²) >= 11 is 12.0. The Bertz CT molecular complexity index is 3270. The molecule has 4 N–H and O–H groups in total. The first-order valence-electron chi connectivity index (χ1n) is 22.9. The van der Waals surface area contributed by atoms with Crippen molar-refractivity contribution in [1.82, 2.24) is 37.4 Å². The van der Waals surface area contributed by atoms with Gasteiger partial charge in [-0.05, 0) is 79.4 Å². The number of aliphatic hydroxyl groups excluding tert-OH is 2. The van der Waals surface area contributed by atoms with E-state index in [9.17, 15) is 50.6 Å². The smallest absolute Gasteiger partial charge is 0.406 e. The van der Waals surface area contributed by atoms with E-state index in [4.69, 9.17) is 28.3 Å². The lowest BCUT2D eigenvalue weighted by atomic mass is 10.2. The number of aromatic nitrogens is 8. The Kier molecular flexibility index (Phi) is 18.7. The summed E-state index contributed by atoms with van der Waals surface area (Å²) in [7, 11) is 2.98. The summed E-state index contributed by atoms with van der Waals surface area (Å²) in [6.45, 7) is 4.27. The molecule has 4 heterocycles. The Morgan fingerprint density at radius 2 is 0.947 bits per heavy atom. The van der Waals surface area contributed by atoms with Crippen LogP contribution >= 0.6 is 23.2 Å². The van der Waals surface area contributed by atoms with E-state index in [2.05, 4.69) is 30.1 Å². The fourth-order valence-electron chi connectivity index (χ4n) is 7.53. The molecule has 8 rings (SSSR count). The Morgan fingerprint density at radius 1 is 0.573 bits per heavy atom. The summed E-state index contributed by atoms with van der Waals surface area (Å²) in [6.07, 6.45) is -8.08. The van der Waals surface area contributed by atoms with Gasteiger partial charge in [0.2, 0.25) is 11.9 Å². The maximum absolute atomic E-state index is 13.4. The number of unbranched alkanes of at least 4 members (excludes halogenated alkanes) is 1. The summed E-state index contributed by atoms with van der Waals surface area (Å²) in [5, 5.41) is 23.7. The lowest BCUT2D eigenvalue weighted by Gasteiger charge is -2.13. The number of anilines is 4. The normalized spacial score (nSPS) is 11.5. The van der Waals surface area contributed by atoms with Gasteiger partial charge in [-0.15, -0.1) is 26.3 Å². The van der Waals surface area contributed by atoms with Crippen LogP contribution in [0.1, 0.15) is 44.2 Å². The fourth-order valence-corrected chi connectivity index (χ4v) is 7.78. The molecule has 18 nitrogen and oxygen atoms in total. The van der Waals surface area contributed by atoms with Crippen LogP contribution in [-0.4, -0.2) is 73.5 Å². The number of halogens is 8. The van der Waals surface area contributed by atoms with Gasteiger partial charge in [0.1, 0.15) is 11.5 Å². The molecule has 0 aliphatic rings. The Balaban J connectivity index is 0.000000232. The molecule has 75 heavy (non-hydrogen) atoms. The molecule has 400 valence electrons. The number of aryl methyl sites for hydroxylation is 2. The number of aliphatic hydroxyl groups is 2. The number of hydrogen-bond donors (Lipinski definition) is 4. The first kappa shape index (κ1) is 56.8. The van der Waals surface area contributed by atoms with Crippen molar-refractivity contribution in [3.63, 3.8) is 0 Å². The highest BCUT2D eigenvalue weighted by molar-refractivity contribution is 6.30. The van der Waals surface area contributed by atoms with Crippen molar-refractivity contribution in [3.05, 3.63) is 160 Å². The highest BCUT2D eigenvalue weighted by Gasteiger charge is 2.32. The molecule has 0 aliphatic heterocycles. The Hall–Kier alpha value is -7.54. The van der Waals surface area contributed by atoms with E-state index in [0.29, 0.717) is 16.5 Å². The van der Waals surface area contributed by atoms with Crippen molar-refractivity contribution in [2.75, 3.05) is 23.8 Å². The van der Waals surface area contributed by atoms with E-state index in [0.717, 1.165) is 40.3 Å². The minimum absolute atomic E-state index is 0.00363. The van der Waals surface area contributed by atoms with Gasteiger partial charge in [-0.25, -0.2) is 9.59 Å². The number of rotatable bonds is 16. The molecule has 0 saturated carbocycles. The summed E-state index contributed by atoms with van der Waals surface area (Å²) < 4.78 is 91.9. The van der Waals surface area contributed by atoms with Gasteiger partial charge in [0, 0.05) is 74.0 Å². The Morgan fingerprint density at radius 3 is 1.29 bits per heavy atom. The van der Waals surface area contributed by atoms with Crippen LogP contribution in [0.25, 0.3) is 22.3 Å². The molecule has 4 aromatic heterocycles. The van der Waals surface area contributed by atoms with Crippen LogP contribution in [0.15, 0.2) is 116 Å². The highest BCUT2D eigenvalue weighted by atomic mass is 35.5. The topological polar surface area (TPSA) is 207 Å². The van der Waals surface area contributed by atoms with Gasteiger partial charge in [0.15, 0.2) is 22.3 Å². The van der Waals surface area contributed by atoms with Crippen LogP contribution in [0.5, 0.6) is 11.5 Å². The number of imidazole rings is 2. The second-order valence-electron chi connectivity index (χ2n) is 16.4. The lowest BCUT2D eigenvalue weighted by molar-refractivity contribution is -0.275. The van der Waals surface area contributed by atoms with Crippen LogP contribution in [0.3, 0.4) is 0 Å². The molecule has 0 amide bonds. The van der Waals surface area contributed by atoms with Gasteiger partial charge in [-0.2, -0.15) is 9.97 Å². The number of benzene rings is 4. The standard InChI is InChI=1S/C24H23ClF3N5O3.C23H21ClF3N5O4.C2H6O/c1-3-4-12-32-21(34)19-20(31(2)23(32)35)30-22(33(19)14-15-8-10-16(25)11-9-15)29-17-6-5-7-18(13-17)36-24(26,27)28;1-30-19-18(20(34)31(22(30)35)10-3-11-33)32(13-14-6-8-15(24)9-7-14)21(29-19)28-16-4-2-5-17(12-16)36-23(25,26)27;1-2-3/h5-11,13H,3-4,12,14H2,1-2H3,(H,29,30);2,4-9,12,33H,3,10-11,13H2,1H3,(H,28,29);3H,2H2,1H3. The van der Waals surface area contributed by atoms with Crippen molar-refractivity contribution in [2.24, 2.45) is 14.1 Å². The van der Waals surface area contributed by atoms with Gasteiger partial charge in [0.05, 0.1) is 13.1 Å². The number of nitrogens with zero attached hydrogens (tertiary/aromatic N) is 8. The number of hydrogen-bond acceptors (Lipinski definition) is 12. The third kappa shape index (κ3) is 14.4. The second-order valence-corrected chi connectivity index (χ2v) is 17.3. The molecule has 0 saturated heterocycles. The third-order valence-electron chi connectivity index (χ3n) is 10.9. The monoisotopic (exact) mass is 1090 g/mol.